The van der Waals surface area contributed by atoms with Crippen molar-refractivity contribution in [3.05, 3.63) is 57.5 Å². The summed E-state index contributed by atoms with van der Waals surface area (Å²) in [7, 11) is 0. The second-order valence-electron chi connectivity index (χ2n) is 3.97. The molecule has 0 bridgehead atoms. The standard InChI is InChI=1S/C12H13N3O3/c1-9-2-3-10(6-12(9)15(16)17)7-13-8-11-4-5-18-14-11/h2-6,13H,7-8H2,1H3. The molecule has 0 fully saturated rings. The van der Waals surface area contributed by atoms with Crippen LogP contribution in [0.1, 0.15) is 16.8 Å². The Morgan fingerprint density at radius 2 is 2.22 bits per heavy atom. The Morgan fingerprint density at radius 1 is 1.39 bits per heavy atom. The van der Waals surface area contributed by atoms with Gasteiger partial charge in [-0.3, -0.25) is 10.1 Å². The topological polar surface area (TPSA) is 81.2 Å². The largest absolute Gasteiger partial charge is 0.364 e. The summed E-state index contributed by atoms with van der Waals surface area (Å²) in [6, 6.07) is 6.99. The SMILES string of the molecule is Cc1ccc(CNCc2ccon2)cc1[N+](=O)[O-]. The van der Waals surface area contributed by atoms with Crippen LogP contribution in [0.2, 0.25) is 0 Å². The highest BCUT2D eigenvalue weighted by Crippen LogP contribution is 2.19. The molecule has 94 valence electrons. The van der Waals surface area contributed by atoms with Crippen LogP contribution in [-0.2, 0) is 13.1 Å². The van der Waals surface area contributed by atoms with Crippen LogP contribution in [0.25, 0.3) is 0 Å². The van der Waals surface area contributed by atoms with Gasteiger partial charge in [-0.15, -0.1) is 0 Å². The summed E-state index contributed by atoms with van der Waals surface area (Å²) in [5, 5.41) is 17.7. The van der Waals surface area contributed by atoms with Crippen molar-refractivity contribution in [2.45, 2.75) is 20.0 Å². The molecule has 0 amide bonds. The highest BCUT2D eigenvalue weighted by Gasteiger charge is 2.10. The fourth-order valence-electron chi connectivity index (χ4n) is 1.63. The maximum atomic E-state index is 10.8. The van der Waals surface area contributed by atoms with E-state index >= 15 is 0 Å². The molecule has 0 aliphatic rings. The molecule has 6 nitrogen and oxygen atoms in total. The zero-order chi connectivity index (χ0) is 13.0. The lowest BCUT2D eigenvalue weighted by molar-refractivity contribution is -0.385. The van der Waals surface area contributed by atoms with Crippen LogP contribution < -0.4 is 5.32 Å². The highest BCUT2D eigenvalue weighted by atomic mass is 16.6. The van der Waals surface area contributed by atoms with Gasteiger partial charge in [0.2, 0.25) is 0 Å². The van der Waals surface area contributed by atoms with Crippen LogP contribution in [0, 0.1) is 17.0 Å². The minimum atomic E-state index is -0.365. The van der Waals surface area contributed by atoms with Crippen molar-refractivity contribution in [1.82, 2.24) is 10.5 Å². The van der Waals surface area contributed by atoms with Crippen molar-refractivity contribution >= 4 is 5.69 Å². The number of aromatic nitrogens is 1. The minimum absolute atomic E-state index is 0.149. The van der Waals surface area contributed by atoms with E-state index in [9.17, 15) is 10.1 Å². The van der Waals surface area contributed by atoms with E-state index in [1.165, 1.54) is 6.26 Å². The van der Waals surface area contributed by atoms with Gasteiger partial charge in [-0.2, -0.15) is 0 Å². The van der Waals surface area contributed by atoms with Gasteiger partial charge >= 0.3 is 0 Å². The molecule has 0 unspecified atom stereocenters. The lowest BCUT2D eigenvalue weighted by Crippen LogP contribution is -2.13. The van der Waals surface area contributed by atoms with Crippen molar-refractivity contribution < 1.29 is 9.45 Å². The Kier molecular flexibility index (Phi) is 3.69. The number of nitro benzene ring substituents is 1. The van der Waals surface area contributed by atoms with E-state index in [1.54, 1.807) is 25.1 Å². The number of benzene rings is 1. The van der Waals surface area contributed by atoms with E-state index < -0.39 is 0 Å². The Labute approximate surface area is 104 Å². The number of rotatable bonds is 5. The molecule has 1 N–H and O–H groups in total. The molecule has 6 heteroatoms. The molecular formula is C12H13N3O3. The summed E-state index contributed by atoms with van der Waals surface area (Å²) in [5.41, 5.74) is 2.49. The molecule has 1 heterocycles. The van der Waals surface area contributed by atoms with E-state index in [1.807, 2.05) is 6.07 Å². The predicted octanol–water partition coefficient (Wildman–Crippen LogP) is 2.18. The lowest BCUT2D eigenvalue weighted by Gasteiger charge is -2.04. The van der Waals surface area contributed by atoms with Crippen molar-refractivity contribution in [2.24, 2.45) is 0 Å². The van der Waals surface area contributed by atoms with E-state index in [0.29, 0.717) is 18.7 Å². The van der Waals surface area contributed by atoms with Crippen molar-refractivity contribution in [3.8, 4) is 0 Å². The quantitative estimate of drug-likeness (QED) is 0.647. The summed E-state index contributed by atoms with van der Waals surface area (Å²) in [6.45, 7) is 2.84. The van der Waals surface area contributed by atoms with Gasteiger partial charge in [-0.05, 0) is 12.5 Å². The van der Waals surface area contributed by atoms with Crippen molar-refractivity contribution in [3.63, 3.8) is 0 Å². The second kappa shape index (κ2) is 5.42. The summed E-state index contributed by atoms with van der Waals surface area (Å²) in [6.07, 6.45) is 1.51. The van der Waals surface area contributed by atoms with Gasteiger partial charge in [0, 0.05) is 30.8 Å². The zero-order valence-electron chi connectivity index (χ0n) is 9.92. The van der Waals surface area contributed by atoms with Gasteiger partial charge in [0.1, 0.15) is 6.26 Å². The molecule has 0 radical (unpaired) electrons. The van der Waals surface area contributed by atoms with Crippen LogP contribution in [0.15, 0.2) is 35.1 Å². The summed E-state index contributed by atoms with van der Waals surface area (Å²) in [4.78, 5) is 10.4. The van der Waals surface area contributed by atoms with Crippen LogP contribution in [0.5, 0.6) is 0 Å². The molecule has 0 atom stereocenters. The zero-order valence-corrected chi connectivity index (χ0v) is 9.92. The highest BCUT2D eigenvalue weighted by molar-refractivity contribution is 5.42. The van der Waals surface area contributed by atoms with Crippen molar-refractivity contribution in [1.29, 1.82) is 0 Å². The predicted molar refractivity (Wildman–Crippen MR) is 64.9 cm³/mol. The average molecular weight is 247 g/mol. The van der Waals surface area contributed by atoms with Crippen LogP contribution in [-0.4, -0.2) is 10.1 Å². The van der Waals surface area contributed by atoms with E-state index in [2.05, 4.69) is 10.5 Å². The molecular weight excluding hydrogens is 234 g/mol. The minimum Gasteiger partial charge on any atom is -0.364 e. The van der Waals surface area contributed by atoms with Crippen molar-refractivity contribution in [2.75, 3.05) is 0 Å². The number of nitrogens with one attached hydrogen (secondary N) is 1. The first-order valence-corrected chi connectivity index (χ1v) is 5.50. The monoisotopic (exact) mass is 247 g/mol. The molecule has 0 aliphatic heterocycles. The second-order valence-corrected chi connectivity index (χ2v) is 3.97. The van der Waals surface area contributed by atoms with E-state index in [-0.39, 0.29) is 10.6 Å². The first-order chi connectivity index (χ1) is 8.66. The third-order valence-electron chi connectivity index (χ3n) is 2.60. The third-order valence-corrected chi connectivity index (χ3v) is 2.60. The maximum Gasteiger partial charge on any atom is 0.272 e. The number of nitrogens with zero attached hydrogens (tertiary/aromatic N) is 2. The Balaban J connectivity index is 1.97. The summed E-state index contributed by atoms with van der Waals surface area (Å²) in [5.74, 6) is 0. The molecule has 18 heavy (non-hydrogen) atoms. The van der Waals surface area contributed by atoms with Crippen LogP contribution in [0.4, 0.5) is 5.69 Å². The number of hydrogen-bond acceptors (Lipinski definition) is 5. The smallest absolute Gasteiger partial charge is 0.272 e. The Morgan fingerprint density at radius 3 is 2.89 bits per heavy atom. The first kappa shape index (κ1) is 12.3. The van der Waals surface area contributed by atoms with Gasteiger partial charge in [0.15, 0.2) is 0 Å². The summed E-state index contributed by atoms with van der Waals surface area (Å²) >= 11 is 0. The van der Waals surface area contributed by atoms with Crippen LogP contribution >= 0.6 is 0 Å². The third kappa shape index (κ3) is 2.92. The molecule has 1 aromatic carbocycles. The molecule has 0 aliphatic carbocycles. The molecule has 1 aromatic heterocycles. The molecule has 0 saturated heterocycles. The average Bonchev–Trinajstić information content (AvgIpc) is 2.84. The van der Waals surface area contributed by atoms with Gasteiger partial charge < -0.3 is 9.84 Å². The van der Waals surface area contributed by atoms with E-state index in [4.69, 9.17) is 4.52 Å². The number of hydrogen-bond donors (Lipinski definition) is 1. The van der Waals surface area contributed by atoms with Gasteiger partial charge in [-0.25, -0.2) is 0 Å². The molecule has 2 rings (SSSR count). The van der Waals surface area contributed by atoms with Gasteiger partial charge in [0.05, 0.1) is 10.6 Å². The normalized spacial score (nSPS) is 10.5. The van der Waals surface area contributed by atoms with E-state index in [0.717, 1.165) is 11.3 Å². The van der Waals surface area contributed by atoms with Crippen LogP contribution in [0.3, 0.4) is 0 Å². The fourth-order valence-corrected chi connectivity index (χ4v) is 1.63. The Bertz CT molecular complexity index is 538. The first-order valence-electron chi connectivity index (χ1n) is 5.50. The molecule has 0 spiro atoms. The molecule has 2 aromatic rings. The Hall–Kier alpha value is -2.21. The van der Waals surface area contributed by atoms with Gasteiger partial charge in [0.25, 0.3) is 5.69 Å². The fraction of sp³-hybridized carbons (Fsp3) is 0.250. The number of aryl methyl sites for hydroxylation is 1. The maximum absolute atomic E-state index is 10.8. The number of nitro groups is 1. The molecule has 0 saturated carbocycles. The van der Waals surface area contributed by atoms with Gasteiger partial charge in [-0.1, -0.05) is 17.3 Å². The lowest BCUT2D eigenvalue weighted by atomic mass is 10.1. The summed E-state index contributed by atoms with van der Waals surface area (Å²) < 4.78 is 4.70.